The lowest BCUT2D eigenvalue weighted by molar-refractivity contribution is 0.276. The molecule has 0 heterocycles. The van der Waals surface area contributed by atoms with E-state index in [-0.39, 0.29) is 0 Å². The molecule has 0 aromatic heterocycles. The molecule has 34 heavy (non-hydrogen) atoms. The monoisotopic (exact) mass is 490 g/mol. The predicted molar refractivity (Wildman–Crippen MR) is 141 cm³/mol. The van der Waals surface area contributed by atoms with E-state index in [1.165, 1.54) is 0 Å². The molecule has 0 saturated carbocycles. The maximum Gasteiger partial charge on any atom is 0.261 e. The van der Waals surface area contributed by atoms with Crippen LogP contribution in [0.3, 0.4) is 0 Å². The van der Waals surface area contributed by atoms with E-state index in [2.05, 4.69) is 0 Å². The maximum absolute atomic E-state index is 13.9. The van der Waals surface area contributed by atoms with Gasteiger partial charge in [-0.3, -0.25) is 9.13 Å². The largest absolute Gasteiger partial charge is 0.322 e. The van der Waals surface area contributed by atoms with Crippen molar-refractivity contribution in [2.75, 3.05) is 13.2 Å². The smallest absolute Gasteiger partial charge is 0.261 e. The molecule has 0 fully saturated rings. The number of hydrogen-bond acceptors (Lipinski definition) is 4. The third-order valence-corrected chi connectivity index (χ3v) is 10.5. The standard InChI is InChI=1S/C28H28O4P2/c29-33(25-15-5-1-6-16-25,26-17-7-2-8-18-26)31-23-13-14-24-32-34(30,27-19-9-3-10-20-27)28-21-11-4-12-22-28/h1-12,15-22H,13-14,23-24H2. The minimum absolute atomic E-state index is 0.311. The molecule has 0 spiro atoms. The van der Waals surface area contributed by atoms with E-state index in [1.54, 1.807) is 0 Å². The summed E-state index contributed by atoms with van der Waals surface area (Å²) in [5.74, 6) is 0. The molecular formula is C28H28O4P2. The zero-order chi connectivity index (χ0) is 23.7. The quantitative estimate of drug-likeness (QED) is 0.201. The number of benzene rings is 4. The van der Waals surface area contributed by atoms with Crippen LogP contribution in [0.5, 0.6) is 0 Å². The van der Waals surface area contributed by atoms with Gasteiger partial charge in [-0.25, -0.2) is 0 Å². The number of rotatable bonds is 11. The summed E-state index contributed by atoms with van der Waals surface area (Å²) >= 11 is 0. The maximum atomic E-state index is 13.9. The first-order valence-corrected chi connectivity index (χ1v) is 14.6. The lowest BCUT2D eigenvalue weighted by Gasteiger charge is -2.21. The van der Waals surface area contributed by atoms with E-state index < -0.39 is 14.7 Å². The zero-order valence-electron chi connectivity index (χ0n) is 18.9. The van der Waals surface area contributed by atoms with Gasteiger partial charge in [0.25, 0.3) is 14.7 Å². The van der Waals surface area contributed by atoms with Crippen LogP contribution < -0.4 is 21.2 Å². The van der Waals surface area contributed by atoms with Gasteiger partial charge in [0, 0.05) is 21.2 Å². The highest BCUT2D eigenvalue weighted by Gasteiger charge is 2.29. The van der Waals surface area contributed by atoms with Crippen molar-refractivity contribution in [3.8, 4) is 0 Å². The average Bonchev–Trinajstić information content (AvgIpc) is 2.92. The van der Waals surface area contributed by atoms with Gasteiger partial charge in [0.2, 0.25) is 0 Å². The highest BCUT2D eigenvalue weighted by atomic mass is 31.2. The van der Waals surface area contributed by atoms with Crippen molar-refractivity contribution in [2.24, 2.45) is 0 Å². The lowest BCUT2D eigenvalue weighted by Crippen LogP contribution is -2.19. The van der Waals surface area contributed by atoms with Gasteiger partial charge in [-0.2, -0.15) is 0 Å². The Morgan fingerprint density at radius 1 is 0.412 bits per heavy atom. The molecule has 0 amide bonds. The Morgan fingerprint density at radius 3 is 0.882 bits per heavy atom. The van der Waals surface area contributed by atoms with Crippen LogP contribution in [0.4, 0.5) is 0 Å². The van der Waals surface area contributed by atoms with Crippen LogP contribution >= 0.6 is 14.7 Å². The van der Waals surface area contributed by atoms with Gasteiger partial charge in [-0.1, -0.05) is 72.8 Å². The number of hydrogen-bond donors (Lipinski definition) is 0. The van der Waals surface area contributed by atoms with Gasteiger partial charge in [0.05, 0.1) is 13.2 Å². The minimum atomic E-state index is -3.20. The van der Waals surface area contributed by atoms with Crippen molar-refractivity contribution >= 4 is 36.0 Å². The first-order valence-electron chi connectivity index (χ1n) is 11.3. The summed E-state index contributed by atoms with van der Waals surface area (Å²) in [5, 5.41) is 2.70. The summed E-state index contributed by atoms with van der Waals surface area (Å²) in [7, 11) is -6.39. The fraction of sp³-hybridized carbons (Fsp3) is 0.143. The van der Waals surface area contributed by atoms with E-state index in [1.807, 2.05) is 121 Å². The third kappa shape index (κ3) is 5.66. The van der Waals surface area contributed by atoms with E-state index in [4.69, 9.17) is 9.05 Å². The van der Waals surface area contributed by atoms with Gasteiger partial charge in [-0.15, -0.1) is 0 Å². The molecule has 0 aliphatic heterocycles. The summed E-state index contributed by atoms with van der Waals surface area (Å²) in [5.41, 5.74) is 0. The predicted octanol–water partition coefficient (Wildman–Crippen LogP) is 5.66. The minimum Gasteiger partial charge on any atom is -0.322 e. The summed E-state index contributed by atoms with van der Waals surface area (Å²) in [6, 6.07) is 37.3. The van der Waals surface area contributed by atoms with Crippen LogP contribution in [-0.2, 0) is 18.2 Å². The van der Waals surface area contributed by atoms with Crippen LogP contribution in [-0.4, -0.2) is 13.2 Å². The molecule has 4 aromatic carbocycles. The van der Waals surface area contributed by atoms with Crippen LogP contribution in [0, 0.1) is 0 Å². The SMILES string of the molecule is O=P(OCCCCOP(=O)(c1ccccc1)c1ccccc1)(c1ccccc1)c1ccccc1. The Morgan fingerprint density at radius 2 is 0.647 bits per heavy atom. The van der Waals surface area contributed by atoms with E-state index in [0.29, 0.717) is 47.3 Å². The highest BCUT2D eigenvalue weighted by Crippen LogP contribution is 2.46. The second kappa shape index (κ2) is 11.6. The fourth-order valence-corrected chi connectivity index (χ4v) is 7.91. The zero-order valence-corrected chi connectivity index (χ0v) is 20.7. The fourth-order valence-electron chi connectivity index (χ4n) is 3.68. The molecule has 0 unspecified atom stereocenters. The van der Waals surface area contributed by atoms with E-state index in [0.717, 1.165) is 0 Å². The average molecular weight is 490 g/mol. The molecule has 0 N–H and O–H groups in total. The van der Waals surface area contributed by atoms with E-state index >= 15 is 0 Å². The summed E-state index contributed by atoms with van der Waals surface area (Å²) in [4.78, 5) is 0. The second-order valence-electron chi connectivity index (χ2n) is 7.82. The van der Waals surface area contributed by atoms with Gasteiger partial charge in [-0.05, 0) is 61.4 Å². The van der Waals surface area contributed by atoms with Crippen LogP contribution in [0.25, 0.3) is 0 Å². The van der Waals surface area contributed by atoms with Crippen LogP contribution in [0.2, 0.25) is 0 Å². The molecule has 4 nitrogen and oxygen atoms in total. The normalized spacial score (nSPS) is 11.9. The summed E-state index contributed by atoms with van der Waals surface area (Å²) in [6.45, 7) is 0.622. The molecule has 0 atom stereocenters. The Kier molecular flexibility index (Phi) is 8.32. The van der Waals surface area contributed by atoms with Crippen LogP contribution in [0.15, 0.2) is 121 Å². The molecule has 0 radical (unpaired) electrons. The topological polar surface area (TPSA) is 52.6 Å². The van der Waals surface area contributed by atoms with Crippen molar-refractivity contribution in [1.29, 1.82) is 0 Å². The van der Waals surface area contributed by atoms with Crippen molar-refractivity contribution in [1.82, 2.24) is 0 Å². The van der Waals surface area contributed by atoms with Crippen molar-refractivity contribution < 1.29 is 18.2 Å². The van der Waals surface area contributed by atoms with Crippen molar-refractivity contribution in [3.05, 3.63) is 121 Å². The molecule has 0 bridgehead atoms. The Hall–Kier alpha value is -2.74. The van der Waals surface area contributed by atoms with Gasteiger partial charge in [0.1, 0.15) is 0 Å². The molecule has 0 saturated heterocycles. The third-order valence-electron chi connectivity index (χ3n) is 5.47. The number of unbranched alkanes of at least 4 members (excludes halogenated alkanes) is 1. The molecular weight excluding hydrogens is 462 g/mol. The van der Waals surface area contributed by atoms with E-state index in [9.17, 15) is 9.13 Å². The lowest BCUT2D eigenvalue weighted by atomic mass is 10.3. The van der Waals surface area contributed by atoms with Gasteiger partial charge in [0.15, 0.2) is 0 Å². The highest BCUT2D eigenvalue weighted by molar-refractivity contribution is 7.74. The molecule has 174 valence electrons. The van der Waals surface area contributed by atoms with Crippen molar-refractivity contribution in [3.63, 3.8) is 0 Å². The van der Waals surface area contributed by atoms with Crippen molar-refractivity contribution in [2.45, 2.75) is 12.8 Å². The Bertz CT molecular complexity index is 1060. The molecule has 4 aromatic rings. The first-order chi connectivity index (χ1) is 16.6. The van der Waals surface area contributed by atoms with Gasteiger partial charge >= 0.3 is 0 Å². The van der Waals surface area contributed by atoms with Crippen LogP contribution in [0.1, 0.15) is 12.8 Å². The first kappa shape index (κ1) is 24.4. The molecule has 0 aliphatic carbocycles. The Labute approximate surface area is 201 Å². The summed E-state index contributed by atoms with van der Waals surface area (Å²) < 4.78 is 39.8. The van der Waals surface area contributed by atoms with Gasteiger partial charge < -0.3 is 9.05 Å². The molecule has 0 aliphatic rings. The second-order valence-corrected chi connectivity index (χ2v) is 12.6. The Balaban J connectivity index is 1.39. The molecule has 4 rings (SSSR count). The summed E-state index contributed by atoms with van der Waals surface area (Å²) in [6.07, 6.45) is 1.26. The molecule has 6 heteroatoms.